The van der Waals surface area contributed by atoms with E-state index in [9.17, 15) is 0 Å². The topological polar surface area (TPSA) is 15.7 Å². The van der Waals surface area contributed by atoms with E-state index in [1.54, 1.807) is 0 Å². The molecule has 0 radical (unpaired) electrons. The quantitative estimate of drug-likeness (QED) is 0.751. The molecule has 3 heteroatoms. The minimum atomic E-state index is 0. The second-order valence-electron chi connectivity index (χ2n) is 5.89. The molecular weight excluding hydrogens is 224 g/mol. The van der Waals surface area contributed by atoms with Crippen LogP contribution in [0.1, 0.15) is 40.0 Å². The molecule has 0 N–H and O–H groups in total. The highest BCUT2D eigenvalue weighted by molar-refractivity contribution is 4.88. The van der Waals surface area contributed by atoms with Gasteiger partial charge in [-0.15, -0.1) is 0 Å². The van der Waals surface area contributed by atoms with Gasteiger partial charge in [0, 0.05) is 19.2 Å². The first-order chi connectivity index (χ1) is 8.19. The standard InChI is InChI=1S/C14H28N2O.CH4/c1-4-17-14-9-13(10-14)16(3)11-12-5-7-15(2)8-6-12;/h12-14H,4-11H2,1-3H3;1H4. The Morgan fingerprint density at radius 2 is 1.83 bits per heavy atom. The molecule has 2 rings (SSSR count). The van der Waals surface area contributed by atoms with Gasteiger partial charge in [0.15, 0.2) is 0 Å². The number of rotatable bonds is 5. The van der Waals surface area contributed by atoms with Crippen molar-refractivity contribution in [3.05, 3.63) is 0 Å². The van der Waals surface area contributed by atoms with Crippen molar-refractivity contribution in [3.8, 4) is 0 Å². The molecule has 0 aromatic heterocycles. The lowest BCUT2D eigenvalue weighted by atomic mass is 9.86. The van der Waals surface area contributed by atoms with Crippen LogP contribution in [0, 0.1) is 5.92 Å². The molecule has 1 saturated carbocycles. The maximum Gasteiger partial charge on any atom is 0.0604 e. The van der Waals surface area contributed by atoms with E-state index in [1.165, 1.54) is 45.3 Å². The molecule has 0 aromatic carbocycles. The summed E-state index contributed by atoms with van der Waals surface area (Å²) in [4.78, 5) is 5.02. The van der Waals surface area contributed by atoms with Gasteiger partial charge in [0.2, 0.25) is 0 Å². The van der Waals surface area contributed by atoms with Crippen LogP contribution in [-0.2, 0) is 4.74 Å². The third-order valence-corrected chi connectivity index (χ3v) is 4.48. The average molecular weight is 256 g/mol. The summed E-state index contributed by atoms with van der Waals surface area (Å²) in [5, 5.41) is 0. The number of hydrogen-bond donors (Lipinski definition) is 0. The van der Waals surface area contributed by atoms with Crippen LogP contribution in [0.2, 0.25) is 0 Å². The van der Waals surface area contributed by atoms with Crippen LogP contribution in [0.5, 0.6) is 0 Å². The molecule has 0 aromatic rings. The van der Waals surface area contributed by atoms with Crippen molar-refractivity contribution >= 4 is 0 Å². The highest BCUT2D eigenvalue weighted by Gasteiger charge is 2.33. The summed E-state index contributed by atoms with van der Waals surface area (Å²) in [6.45, 7) is 6.82. The summed E-state index contributed by atoms with van der Waals surface area (Å²) < 4.78 is 5.63. The van der Waals surface area contributed by atoms with Gasteiger partial charge in [-0.3, -0.25) is 0 Å². The maximum atomic E-state index is 5.63. The Labute approximate surface area is 113 Å². The average Bonchev–Trinajstić information content (AvgIpc) is 2.26. The van der Waals surface area contributed by atoms with E-state index in [0.29, 0.717) is 6.10 Å². The SMILES string of the molecule is C.CCOC1CC(N(C)CC2CCN(C)CC2)C1. The number of ether oxygens (including phenoxy) is 1. The third-order valence-electron chi connectivity index (χ3n) is 4.48. The van der Waals surface area contributed by atoms with E-state index < -0.39 is 0 Å². The van der Waals surface area contributed by atoms with E-state index in [0.717, 1.165) is 18.6 Å². The molecule has 2 aliphatic rings. The van der Waals surface area contributed by atoms with Crippen LogP contribution in [-0.4, -0.2) is 62.3 Å². The molecule has 0 atom stereocenters. The van der Waals surface area contributed by atoms with Gasteiger partial charge in [-0.1, -0.05) is 7.43 Å². The highest BCUT2D eigenvalue weighted by atomic mass is 16.5. The fourth-order valence-electron chi connectivity index (χ4n) is 3.07. The van der Waals surface area contributed by atoms with Gasteiger partial charge in [0.05, 0.1) is 6.10 Å². The molecule has 0 amide bonds. The first kappa shape index (κ1) is 15.9. The second kappa shape index (κ2) is 7.46. The van der Waals surface area contributed by atoms with Crippen LogP contribution in [0.15, 0.2) is 0 Å². The van der Waals surface area contributed by atoms with Crippen LogP contribution in [0.4, 0.5) is 0 Å². The van der Waals surface area contributed by atoms with Crippen molar-refractivity contribution in [2.24, 2.45) is 5.92 Å². The van der Waals surface area contributed by atoms with Crippen molar-refractivity contribution in [1.29, 1.82) is 0 Å². The molecule has 1 aliphatic heterocycles. The van der Waals surface area contributed by atoms with Crippen LogP contribution < -0.4 is 0 Å². The summed E-state index contributed by atoms with van der Waals surface area (Å²) in [6.07, 6.45) is 5.80. The van der Waals surface area contributed by atoms with E-state index >= 15 is 0 Å². The molecule has 0 bridgehead atoms. The number of likely N-dealkylation sites (tertiary alicyclic amines) is 1. The Bertz CT molecular complexity index is 221. The lowest BCUT2D eigenvalue weighted by Gasteiger charge is -2.42. The number of hydrogen-bond acceptors (Lipinski definition) is 3. The first-order valence-corrected chi connectivity index (χ1v) is 7.19. The smallest absolute Gasteiger partial charge is 0.0604 e. The predicted molar refractivity (Wildman–Crippen MR) is 78.0 cm³/mol. The molecule has 18 heavy (non-hydrogen) atoms. The number of piperidine rings is 1. The summed E-state index contributed by atoms with van der Waals surface area (Å²) in [5.74, 6) is 0.919. The van der Waals surface area contributed by atoms with Gasteiger partial charge in [-0.2, -0.15) is 0 Å². The van der Waals surface area contributed by atoms with Gasteiger partial charge in [-0.05, 0) is 65.7 Å². The van der Waals surface area contributed by atoms with Gasteiger partial charge in [0.1, 0.15) is 0 Å². The van der Waals surface area contributed by atoms with Crippen LogP contribution in [0.3, 0.4) is 0 Å². The molecule has 2 fully saturated rings. The van der Waals surface area contributed by atoms with E-state index in [1.807, 2.05) is 0 Å². The van der Waals surface area contributed by atoms with E-state index in [-0.39, 0.29) is 7.43 Å². The molecule has 108 valence electrons. The minimum Gasteiger partial charge on any atom is -0.378 e. The van der Waals surface area contributed by atoms with Gasteiger partial charge in [0.25, 0.3) is 0 Å². The molecule has 1 aliphatic carbocycles. The zero-order valence-electron chi connectivity index (χ0n) is 11.7. The predicted octanol–water partition coefficient (Wildman–Crippen LogP) is 2.46. The maximum absolute atomic E-state index is 5.63. The van der Waals surface area contributed by atoms with Crippen molar-refractivity contribution in [2.45, 2.75) is 52.2 Å². The van der Waals surface area contributed by atoms with Crippen molar-refractivity contribution in [1.82, 2.24) is 9.80 Å². The largest absolute Gasteiger partial charge is 0.378 e. The molecule has 1 heterocycles. The Morgan fingerprint density at radius 3 is 2.39 bits per heavy atom. The van der Waals surface area contributed by atoms with Crippen LogP contribution >= 0.6 is 0 Å². The monoisotopic (exact) mass is 256 g/mol. The summed E-state index contributed by atoms with van der Waals surface area (Å²) in [6, 6.07) is 0.784. The fourth-order valence-corrected chi connectivity index (χ4v) is 3.07. The van der Waals surface area contributed by atoms with Crippen LogP contribution in [0.25, 0.3) is 0 Å². The van der Waals surface area contributed by atoms with Gasteiger partial charge in [-0.25, -0.2) is 0 Å². The summed E-state index contributed by atoms with van der Waals surface area (Å²) in [5.41, 5.74) is 0. The van der Waals surface area contributed by atoms with Crippen molar-refractivity contribution in [3.63, 3.8) is 0 Å². The Hall–Kier alpha value is -0.120. The van der Waals surface area contributed by atoms with E-state index in [4.69, 9.17) is 4.74 Å². The van der Waals surface area contributed by atoms with Gasteiger partial charge >= 0.3 is 0 Å². The number of nitrogens with zero attached hydrogens (tertiary/aromatic N) is 2. The normalized spacial score (nSPS) is 30.0. The van der Waals surface area contributed by atoms with Crippen molar-refractivity contribution in [2.75, 3.05) is 40.3 Å². The van der Waals surface area contributed by atoms with E-state index in [2.05, 4.69) is 30.8 Å². The second-order valence-corrected chi connectivity index (χ2v) is 5.89. The molecule has 0 unspecified atom stereocenters. The minimum absolute atomic E-state index is 0. The highest BCUT2D eigenvalue weighted by Crippen LogP contribution is 2.29. The lowest BCUT2D eigenvalue weighted by molar-refractivity contribution is -0.0443. The first-order valence-electron chi connectivity index (χ1n) is 7.19. The molecule has 1 saturated heterocycles. The fraction of sp³-hybridized carbons (Fsp3) is 1.00. The summed E-state index contributed by atoms with van der Waals surface area (Å²) in [7, 11) is 4.53. The van der Waals surface area contributed by atoms with Crippen molar-refractivity contribution < 1.29 is 4.74 Å². The molecular formula is C15H32N2O. The summed E-state index contributed by atoms with van der Waals surface area (Å²) >= 11 is 0. The Balaban J connectivity index is 0.00000162. The lowest BCUT2D eigenvalue weighted by Crippen LogP contribution is -2.48. The Kier molecular flexibility index (Phi) is 6.61. The zero-order valence-corrected chi connectivity index (χ0v) is 11.7. The third kappa shape index (κ3) is 4.22. The molecule has 3 nitrogen and oxygen atoms in total. The zero-order chi connectivity index (χ0) is 12.3. The molecule has 0 spiro atoms. The van der Waals surface area contributed by atoms with Gasteiger partial charge < -0.3 is 14.5 Å². The Morgan fingerprint density at radius 1 is 1.22 bits per heavy atom.